The molecule has 0 bridgehead atoms. The van der Waals surface area contributed by atoms with Crippen LogP contribution in [0.4, 0.5) is 0 Å². The lowest BCUT2D eigenvalue weighted by Crippen LogP contribution is -2.25. The van der Waals surface area contributed by atoms with Crippen LogP contribution in [0.1, 0.15) is 12.0 Å². The van der Waals surface area contributed by atoms with E-state index < -0.39 is 10.0 Å². The van der Waals surface area contributed by atoms with Gasteiger partial charge in [-0.05, 0) is 24.1 Å². The van der Waals surface area contributed by atoms with Crippen LogP contribution in [0.15, 0.2) is 29.2 Å². The molecular weight excluding hydrogens is 290 g/mol. The van der Waals surface area contributed by atoms with Crippen molar-refractivity contribution < 1.29 is 18.3 Å². The van der Waals surface area contributed by atoms with Crippen LogP contribution >= 0.6 is 11.6 Å². The molecule has 0 spiro atoms. The van der Waals surface area contributed by atoms with E-state index in [1.165, 1.54) is 12.1 Å². The molecule has 5 nitrogen and oxygen atoms in total. The Hall–Kier alpha value is -0.660. The van der Waals surface area contributed by atoms with E-state index in [0.29, 0.717) is 25.5 Å². The molecule has 0 saturated carbocycles. The van der Waals surface area contributed by atoms with E-state index in [1.807, 2.05) is 0 Å². The summed E-state index contributed by atoms with van der Waals surface area (Å²) in [5.41, 5.74) is 0.873. The molecule has 0 heterocycles. The van der Waals surface area contributed by atoms with Crippen LogP contribution in [0.3, 0.4) is 0 Å². The summed E-state index contributed by atoms with van der Waals surface area (Å²) in [6.45, 7) is 0.949. The van der Waals surface area contributed by atoms with E-state index in [-0.39, 0.29) is 18.1 Å². The van der Waals surface area contributed by atoms with Gasteiger partial charge in [0.05, 0.1) is 18.1 Å². The SMILES string of the molecule is O=S(=O)(NCCCOCCO)c1ccc(CCl)cc1. The van der Waals surface area contributed by atoms with E-state index in [2.05, 4.69) is 4.72 Å². The number of ether oxygens (including phenoxy) is 1. The number of sulfonamides is 1. The molecule has 108 valence electrons. The third-order valence-corrected chi connectivity index (χ3v) is 4.17. The molecule has 0 aliphatic carbocycles. The first-order valence-corrected chi connectivity index (χ1v) is 7.95. The third-order valence-electron chi connectivity index (χ3n) is 2.38. The number of nitrogens with one attached hydrogen (secondary N) is 1. The highest BCUT2D eigenvalue weighted by Crippen LogP contribution is 2.11. The first-order chi connectivity index (χ1) is 9.10. The molecule has 0 atom stereocenters. The summed E-state index contributed by atoms with van der Waals surface area (Å²) < 4.78 is 31.3. The molecule has 0 aliphatic rings. The second kappa shape index (κ2) is 8.50. The monoisotopic (exact) mass is 307 g/mol. The van der Waals surface area contributed by atoms with E-state index in [0.717, 1.165) is 5.56 Å². The number of alkyl halides is 1. The zero-order valence-corrected chi connectivity index (χ0v) is 12.1. The molecule has 7 heteroatoms. The van der Waals surface area contributed by atoms with Crippen molar-refractivity contribution in [1.29, 1.82) is 0 Å². The van der Waals surface area contributed by atoms with Crippen molar-refractivity contribution in [3.63, 3.8) is 0 Å². The molecule has 1 aromatic carbocycles. The third kappa shape index (κ3) is 5.88. The Bertz CT molecular complexity index is 461. The predicted molar refractivity (Wildman–Crippen MR) is 73.7 cm³/mol. The molecule has 2 N–H and O–H groups in total. The predicted octanol–water partition coefficient (Wildman–Crippen LogP) is 1.10. The number of hydrogen-bond acceptors (Lipinski definition) is 4. The molecule has 0 aromatic heterocycles. The summed E-state index contributed by atoms with van der Waals surface area (Å²) in [5.74, 6) is 0.357. The number of benzene rings is 1. The van der Waals surface area contributed by atoms with Gasteiger partial charge in [0, 0.05) is 19.0 Å². The summed E-state index contributed by atoms with van der Waals surface area (Å²) in [6.07, 6.45) is 0.555. The lowest BCUT2D eigenvalue weighted by molar-refractivity contribution is 0.0913. The maximum Gasteiger partial charge on any atom is 0.240 e. The van der Waals surface area contributed by atoms with Crippen molar-refractivity contribution in [2.75, 3.05) is 26.4 Å². The van der Waals surface area contributed by atoms with E-state index in [9.17, 15) is 8.42 Å². The van der Waals surface area contributed by atoms with Crippen LogP contribution in [0.25, 0.3) is 0 Å². The smallest absolute Gasteiger partial charge is 0.240 e. The molecule has 0 aliphatic heterocycles. The van der Waals surface area contributed by atoms with Crippen LogP contribution in [0.2, 0.25) is 0 Å². The molecule has 1 aromatic rings. The number of hydrogen-bond donors (Lipinski definition) is 2. The largest absolute Gasteiger partial charge is 0.394 e. The highest BCUT2D eigenvalue weighted by atomic mass is 35.5. The average molecular weight is 308 g/mol. The van der Waals surface area contributed by atoms with Gasteiger partial charge in [-0.1, -0.05) is 12.1 Å². The molecule has 0 saturated heterocycles. The topological polar surface area (TPSA) is 75.6 Å². The van der Waals surface area contributed by atoms with E-state index >= 15 is 0 Å². The first kappa shape index (κ1) is 16.4. The number of halogens is 1. The molecule has 1 rings (SSSR count). The van der Waals surface area contributed by atoms with Gasteiger partial charge in [-0.15, -0.1) is 11.6 Å². The Labute approximate surface area is 118 Å². The maximum absolute atomic E-state index is 11.9. The highest BCUT2D eigenvalue weighted by molar-refractivity contribution is 7.89. The Morgan fingerprint density at radius 2 is 1.89 bits per heavy atom. The standard InChI is InChI=1S/C12H18ClNO4S/c13-10-11-2-4-12(5-3-11)19(16,17)14-6-1-8-18-9-7-15/h2-5,14-15H,1,6-10H2. The first-order valence-electron chi connectivity index (χ1n) is 5.93. The summed E-state index contributed by atoms with van der Waals surface area (Å²) in [4.78, 5) is 0.220. The summed E-state index contributed by atoms with van der Waals surface area (Å²) in [7, 11) is -3.48. The minimum absolute atomic E-state index is 0.0291. The van der Waals surface area contributed by atoms with Gasteiger partial charge in [-0.2, -0.15) is 0 Å². The Morgan fingerprint density at radius 3 is 2.47 bits per heavy atom. The summed E-state index contributed by atoms with van der Waals surface area (Å²) in [6, 6.07) is 6.43. The van der Waals surface area contributed by atoms with Crippen molar-refractivity contribution >= 4 is 21.6 Å². The fraction of sp³-hybridized carbons (Fsp3) is 0.500. The second-order valence-corrected chi connectivity index (χ2v) is 5.90. The zero-order chi connectivity index (χ0) is 14.1. The van der Waals surface area contributed by atoms with Crippen molar-refractivity contribution in [3.05, 3.63) is 29.8 Å². The molecule has 0 unspecified atom stereocenters. The van der Waals surface area contributed by atoms with Crippen LogP contribution in [0.5, 0.6) is 0 Å². The summed E-state index contributed by atoms with van der Waals surface area (Å²) >= 11 is 5.64. The average Bonchev–Trinajstić information content (AvgIpc) is 2.43. The van der Waals surface area contributed by atoms with Crippen LogP contribution in [-0.4, -0.2) is 39.9 Å². The van der Waals surface area contributed by atoms with Crippen LogP contribution in [0, 0.1) is 0 Å². The maximum atomic E-state index is 11.9. The Kier molecular flexibility index (Phi) is 7.33. The van der Waals surface area contributed by atoms with Crippen molar-refractivity contribution in [2.45, 2.75) is 17.2 Å². The minimum atomic E-state index is -3.48. The van der Waals surface area contributed by atoms with Gasteiger partial charge >= 0.3 is 0 Å². The van der Waals surface area contributed by atoms with Gasteiger partial charge in [0.15, 0.2) is 0 Å². The van der Waals surface area contributed by atoms with Gasteiger partial charge in [-0.3, -0.25) is 0 Å². The molecular formula is C12H18ClNO4S. The second-order valence-electron chi connectivity index (χ2n) is 3.86. The molecule has 0 radical (unpaired) electrons. The number of rotatable bonds is 9. The van der Waals surface area contributed by atoms with Gasteiger partial charge < -0.3 is 9.84 Å². The molecule has 0 fully saturated rings. The van der Waals surface area contributed by atoms with Crippen molar-refractivity contribution in [2.24, 2.45) is 0 Å². The molecule has 0 amide bonds. The van der Waals surface area contributed by atoms with Crippen molar-refractivity contribution in [3.8, 4) is 0 Å². The highest BCUT2D eigenvalue weighted by Gasteiger charge is 2.12. The van der Waals surface area contributed by atoms with Gasteiger partial charge in [0.25, 0.3) is 0 Å². The number of aliphatic hydroxyl groups is 1. The number of aliphatic hydroxyl groups excluding tert-OH is 1. The van der Waals surface area contributed by atoms with Gasteiger partial charge in [-0.25, -0.2) is 13.1 Å². The Morgan fingerprint density at radius 1 is 1.21 bits per heavy atom. The lowest BCUT2D eigenvalue weighted by Gasteiger charge is -2.07. The molecule has 19 heavy (non-hydrogen) atoms. The minimum Gasteiger partial charge on any atom is -0.394 e. The fourth-order valence-electron chi connectivity index (χ4n) is 1.39. The lowest BCUT2D eigenvalue weighted by atomic mass is 10.2. The Balaban J connectivity index is 2.42. The van der Waals surface area contributed by atoms with E-state index in [4.69, 9.17) is 21.4 Å². The normalized spacial score (nSPS) is 11.7. The van der Waals surface area contributed by atoms with E-state index in [1.54, 1.807) is 12.1 Å². The van der Waals surface area contributed by atoms with Crippen LogP contribution < -0.4 is 4.72 Å². The van der Waals surface area contributed by atoms with Crippen LogP contribution in [-0.2, 0) is 20.6 Å². The zero-order valence-electron chi connectivity index (χ0n) is 10.5. The fourth-order valence-corrected chi connectivity index (χ4v) is 2.64. The quantitative estimate of drug-likeness (QED) is 0.529. The summed E-state index contributed by atoms with van der Waals surface area (Å²) in [5, 5.41) is 8.50. The van der Waals surface area contributed by atoms with Gasteiger partial charge in [0.1, 0.15) is 0 Å². The van der Waals surface area contributed by atoms with Gasteiger partial charge in [0.2, 0.25) is 10.0 Å². The van der Waals surface area contributed by atoms with Crippen molar-refractivity contribution in [1.82, 2.24) is 4.72 Å².